The third kappa shape index (κ3) is 4.02. The van der Waals surface area contributed by atoms with Crippen LogP contribution in [0.1, 0.15) is 17.8 Å². The van der Waals surface area contributed by atoms with Gasteiger partial charge in [0.25, 0.3) is 0 Å². The van der Waals surface area contributed by atoms with Gasteiger partial charge in [0.1, 0.15) is 18.9 Å². The Morgan fingerprint density at radius 3 is 3.11 bits per heavy atom. The summed E-state index contributed by atoms with van der Waals surface area (Å²) in [5.74, 6) is 0.463. The van der Waals surface area contributed by atoms with Crippen molar-refractivity contribution < 1.29 is 9.84 Å². The molecule has 2 rings (SSSR count). The predicted octanol–water partition coefficient (Wildman–Crippen LogP) is 1.69. The number of hydrogen-bond acceptors (Lipinski definition) is 7. The van der Waals surface area contributed by atoms with Crippen LogP contribution in [0.4, 0.5) is 0 Å². The summed E-state index contributed by atoms with van der Waals surface area (Å²) in [5.41, 5.74) is 0. The normalized spacial score (nSPS) is 14.3. The van der Waals surface area contributed by atoms with Crippen molar-refractivity contribution >= 4 is 23.1 Å². The van der Waals surface area contributed by atoms with Gasteiger partial charge < -0.3 is 15.2 Å². The molecule has 0 spiro atoms. The van der Waals surface area contributed by atoms with Crippen LogP contribution in [-0.4, -0.2) is 33.1 Å². The molecule has 18 heavy (non-hydrogen) atoms. The first-order valence-corrected chi connectivity index (χ1v) is 7.22. The standard InChI is InChI=1S/C11H15N3O2S2/c1-8(10-3-2-4-17-10)12-5-9(15)7-16-11-6-13-18-14-11/h2-4,6,8-9,12,15H,5,7H2,1H3/t8-,9?/m0/s1. The van der Waals surface area contributed by atoms with Crippen LogP contribution in [0.25, 0.3) is 0 Å². The summed E-state index contributed by atoms with van der Waals surface area (Å²) in [5, 5.41) is 15.1. The van der Waals surface area contributed by atoms with Gasteiger partial charge in [0.2, 0.25) is 5.88 Å². The first-order chi connectivity index (χ1) is 8.75. The van der Waals surface area contributed by atoms with E-state index in [1.807, 2.05) is 11.4 Å². The molecule has 2 atom stereocenters. The second kappa shape index (κ2) is 6.79. The van der Waals surface area contributed by atoms with Crippen LogP contribution in [0.5, 0.6) is 5.88 Å². The summed E-state index contributed by atoms with van der Waals surface area (Å²) in [6.07, 6.45) is 0.980. The lowest BCUT2D eigenvalue weighted by Gasteiger charge is -2.16. The molecule has 0 saturated carbocycles. The van der Waals surface area contributed by atoms with E-state index in [9.17, 15) is 5.11 Å². The molecular formula is C11H15N3O2S2. The number of hydrogen-bond donors (Lipinski definition) is 2. The first-order valence-electron chi connectivity index (χ1n) is 5.61. The number of thiophene rings is 1. The van der Waals surface area contributed by atoms with Gasteiger partial charge in [0.05, 0.1) is 11.7 Å². The SMILES string of the molecule is C[C@H](NCC(O)COc1cnsn1)c1cccs1. The number of nitrogens with one attached hydrogen (secondary N) is 1. The molecule has 0 aromatic carbocycles. The first kappa shape index (κ1) is 13.4. The van der Waals surface area contributed by atoms with E-state index in [2.05, 4.69) is 27.1 Å². The van der Waals surface area contributed by atoms with Crippen molar-refractivity contribution in [3.05, 3.63) is 28.6 Å². The molecule has 2 heterocycles. The van der Waals surface area contributed by atoms with E-state index in [-0.39, 0.29) is 12.6 Å². The van der Waals surface area contributed by atoms with Crippen LogP contribution in [0.2, 0.25) is 0 Å². The van der Waals surface area contributed by atoms with E-state index in [0.717, 1.165) is 11.7 Å². The molecule has 0 fully saturated rings. The molecule has 2 aromatic heterocycles. The molecule has 5 nitrogen and oxygen atoms in total. The van der Waals surface area contributed by atoms with E-state index in [0.29, 0.717) is 12.4 Å². The smallest absolute Gasteiger partial charge is 0.245 e. The summed E-state index contributed by atoms with van der Waals surface area (Å²) >= 11 is 2.79. The number of ether oxygens (including phenoxy) is 1. The van der Waals surface area contributed by atoms with Gasteiger partial charge in [-0.3, -0.25) is 0 Å². The highest BCUT2D eigenvalue weighted by molar-refractivity contribution is 7.10. The van der Waals surface area contributed by atoms with Crippen LogP contribution in [0, 0.1) is 0 Å². The maximum Gasteiger partial charge on any atom is 0.245 e. The van der Waals surface area contributed by atoms with E-state index in [4.69, 9.17) is 4.74 Å². The van der Waals surface area contributed by atoms with Crippen molar-refractivity contribution in [2.45, 2.75) is 19.1 Å². The van der Waals surface area contributed by atoms with Crippen molar-refractivity contribution in [3.63, 3.8) is 0 Å². The molecule has 98 valence electrons. The molecule has 0 aliphatic rings. The molecule has 0 radical (unpaired) electrons. The summed E-state index contributed by atoms with van der Waals surface area (Å²) in [4.78, 5) is 1.26. The monoisotopic (exact) mass is 285 g/mol. The average molecular weight is 285 g/mol. The lowest BCUT2D eigenvalue weighted by molar-refractivity contribution is 0.102. The Kier molecular flexibility index (Phi) is 5.06. The topological polar surface area (TPSA) is 67.3 Å². The number of aliphatic hydroxyl groups excluding tert-OH is 1. The van der Waals surface area contributed by atoms with Gasteiger partial charge in [-0.2, -0.15) is 4.37 Å². The minimum Gasteiger partial charge on any atom is -0.473 e. The Labute approximate surface area is 114 Å². The predicted molar refractivity (Wildman–Crippen MR) is 72.1 cm³/mol. The zero-order valence-electron chi connectivity index (χ0n) is 9.94. The fourth-order valence-corrected chi connectivity index (χ4v) is 2.53. The maximum atomic E-state index is 9.77. The molecule has 1 unspecified atom stereocenters. The van der Waals surface area contributed by atoms with Crippen molar-refractivity contribution in [1.82, 2.24) is 14.1 Å². The minimum absolute atomic E-state index is 0.218. The molecular weight excluding hydrogens is 270 g/mol. The second-order valence-corrected chi connectivity index (χ2v) is 5.39. The van der Waals surface area contributed by atoms with Gasteiger partial charge >= 0.3 is 0 Å². The van der Waals surface area contributed by atoms with E-state index < -0.39 is 6.10 Å². The highest BCUT2D eigenvalue weighted by atomic mass is 32.1. The van der Waals surface area contributed by atoms with Gasteiger partial charge in [0, 0.05) is 17.5 Å². The summed E-state index contributed by atoms with van der Waals surface area (Å²) in [6.45, 7) is 2.77. The fraction of sp³-hybridized carbons (Fsp3) is 0.455. The molecule has 0 aliphatic heterocycles. The second-order valence-electron chi connectivity index (χ2n) is 3.86. The summed E-state index contributed by atoms with van der Waals surface area (Å²) in [7, 11) is 0. The van der Waals surface area contributed by atoms with Crippen LogP contribution in [-0.2, 0) is 0 Å². The third-order valence-electron chi connectivity index (χ3n) is 2.39. The third-order valence-corrected chi connectivity index (χ3v) is 3.91. The van der Waals surface area contributed by atoms with E-state index >= 15 is 0 Å². The molecule has 0 saturated heterocycles. The van der Waals surface area contributed by atoms with E-state index in [1.54, 1.807) is 17.5 Å². The van der Waals surface area contributed by atoms with Crippen LogP contribution >= 0.6 is 23.1 Å². The average Bonchev–Trinajstić information content (AvgIpc) is 3.05. The maximum absolute atomic E-state index is 9.77. The van der Waals surface area contributed by atoms with Crippen LogP contribution in [0.3, 0.4) is 0 Å². The van der Waals surface area contributed by atoms with Crippen LogP contribution in [0.15, 0.2) is 23.7 Å². The number of aliphatic hydroxyl groups is 1. The van der Waals surface area contributed by atoms with Gasteiger partial charge in [0.15, 0.2) is 0 Å². The zero-order valence-corrected chi connectivity index (χ0v) is 11.6. The molecule has 0 aliphatic carbocycles. The molecule has 2 N–H and O–H groups in total. The van der Waals surface area contributed by atoms with Crippen LogP contribution < -0.4 is 10.1 Å². The zero-order chi connectivity index (χ0) is 12.8. The number of aromatic nitrogens is 2. The Morgan fingerprint density at radius 1 is 1.56 bits per heavy atom. The fourth-order valence-electron chi connectivity index (χ4n) is 1.41. The van der Waals surface area contributed by atoms with Crippen molar-refractivity contribution in [3.8, 4) is 5.88 Å². The number of rotatable bonds is 7. The number of nitrogens with zero attached hydrogens (tertiary/aromatic N) is 2. The highest BCUT2D eigenvalue weighted by Gasteiger charge is 2.10. The Hall–Kier alpha value is -1.02. The van der Waals surface area contributed by atoms with Crippen molar-refractivity contribution in [2.24, 2.45) is 0 Å². The Balaban J connectivity index is 1.67. The lowest BCUT2D eigenvalue weighted by atomic mass is 10.2. The van der Waals surface area contributed by atoms with E-state index in [1.165, 1.54) is 4.88 Å². The summed E-state index contributed by atoms with van der Waals surface area (Å²) in [6, 6.07) is 4.33. The quantitative estimate of drug-likeness (QED) is 0.810. The van der Waals surface area contributed by atoms with Crippen molar-refractivity contribution in [1.29, 1.82) is 0 Å². The van der Waals surface area contributed by atoms with Crippen molar-refractivity contribution in [2.75, 3.05) is 13.2 Å². The molecule has 0 bridgehead atoms. The van der Waals surface area contributed by atoms with Gasteiger partial charge in [-0.15, -0.1) is 15.7 Å². The largest absolute Gasteiger partial charge is 0.473 e. The molecule has 7 heteroatoms. The van der Waals surface area contributed by atoms with Gasteiger partial charge in [-0.1, -0.05) is 6.07 Å². The minimum atomic E-state index is -0.561. The van der Waals surface area contributed by atoms with Gasteiger partial charge in [-0.05, 0) is 18.4 Å². The summed E-state index contributed by atoms with van der Waals surface area (Å²) < 4.78 is 13.0. The molecule has 2 aromatic rings. The highest BCUT2D eigenvalue weighted by Crippen LogP contribution is 2.17. The Morgan fingerprint density at radius 2 is 2.44 bits per heavy atom. The Bertz CT molecular complexity index is 433. The molecule has 0 amide bonds. The van der Waals surface area contributed by atoms with Gasteiger partial charge in [-0.25, -0.2) is 0 Å². The lowest BCUT2D eigenvalue weighted by Crippen LogP contribution is -2.32.